The Labute approximate surface area is 96.9 Å². The summed E-state index contributed by atoms with van der Waals surface area (Å²) < 4.78 is 0. The molecule has 2 heterocycles. The maximum absolute atomic E-state index is 5.57. The third-order valence-corrected chi connectivity index (χ3v) is 3.25. The van der Waals surface area contributed by atoms with E-state index < -0.39 is 0 Å². The first-order chi connectivity index (χ1) is 7.79. The van der Waals surface area contributed by atoms with E-state index in [2.05, 4.69) is 21.8 Å². The molecule has 2 rings (SSSR count). The summed E-state index contributed by atoms with van der Waals surface area (Å²) in [6.45, 7) is 4.42. The van der Waals surface area contributed by atoms with Crippen molar-refractivity contribution in [1.29, 1.82) is 0 Å². The van der Waals surface area contributed by atoms with Gasteiger partial charge in [0.05, 0.1) is 18.1 Å². The van der Waals surface area contributed by atoms with Crippen molar-refractivity contribution in [2.24, 2.45) is 5.92 Å². The minimum atomic E-state index is 0.629. The highest BCUT2D eigenvalue weighted by molar-refractivity contribution is 5.38. The predicted octanol–water partition coefficient (Wildman–Crippen LogP) is 2.08. The van der Waals surface area contributed by atoms with Crippen LogP contribution in [0.2, 0.25) is 0 Å². The Morgan fingerprint density at radius 3 is 2.50 bits per heavy atom. The minimum absolute atomic E-state index is 0.629. The fraction of sp³-hybridized carbons (Fsp3) is 0.667. The molecule has 0 amide bonds. The first-order valence-corrected chi connectivity index (χ1v) is 6.12. The van der Waals surface area contributed by atoms with Crippen LogP contribution in [0.5, 0.6) is 0 Å². The van der Waals surface area contributed by atoms with Gasteiger partial charge >= 0.3 is 0 Å². The molecule has 2 N–H and O–H groups in total. The summed E-state index contributed by atoms with van der Waals surface area (Å²) in [5.74, 6) is 1.72. The van der Waals surface area contributed by atoms with E-state index in [9.17, 15) is 0 Å². The molecule has 1 saturated heterocycles. The zero-order valence-electron chi connectivity index (χ0n) is 9.89. The molecule has 0 saturated carbocycles. The van der Waals surface area contributed by atoms with E-state index in [1.54, 1.807) is 12.4 Å². The lowest BCUT2D eigenvalue weighted by Crippen LogP contribution is -2.34. The van der Waals surface area contributed by atoms with Gasteiger partial charge in [0.15, 0.2) is 0 Å². The van der Waals surface area contributed by atoms with Crippen LogP contribution in [-0.4, -0.2) is 23.1 Å². The Bertz CT molecular complexity index is 314. The molecule has 1 aromatic heterocycles. The van der Waals surface area contributed by atoms with Crippen LogP contribution in [0.15, 0.2) is 12.4 Å². The maximum atomic E-state index is 5.57. The molecule has 1 fully saturated rings. The monoisotopic (exact) mass is 220 g/mol. The summed E-state index contributed by atoms with van der Waals surface area (Å²) >= 11 is 0. The zero-order chi connectivity index (χ0) is 11.4. The Balaban J connectivity index is 1.91. The van der Waals surface area contributed by atoms with Gasteiger partial charge in [-0.25, -0.2) is 9.97 Å². The van der Waals surface area contributed by atoms with Crippen LogP contribution in [0.3, 0.4) is 0 Å². The standard InChI is InChI=1S/C12H20N4/c1-2-3-10-4-6-16(7-5-10)12-14-8-11(13)9-15-12/h8-10H,2-7,13H2,1H3. The van der Waals surface area contributed by atoms with E-state index in [0.29, 0.717) is 5.69 Å². The molecule has 1 aliphatic heterocycles. The average Bonchev–Trinajstić information content (AvgIpc) is 2.32. The number of piperidine rings is 1. The summed E-state index contributed by atoms with van der Waals surface area (Å²) in [5.41, 5.74) is 6.20. The van der Waals surface area contributed by atoms with Gasteiger partial charge in [-0.1, -0.05) is 19.8 Å². The molecule has 0 radical (unpaired) electrons. The number of nitrogens with zero attached hydrogens (tertiary/aromatic N) is 3. The van der Waals surface area contributed by atoms with E-state index >= 15 is 0 Å². The van der Waals surface area contributed by atoms with Gasteiger partial charge in [-0.2, -0.15) is 0 Å². The first kappa shape index (κ1) is 11.2. The summed E-state index contributed by atoms with van der Waals surface area (Å²) in [6.07, 6.45) is 8.55. The van der Waals surface area contributed by atoms with Crippen LogP contribution < -0.4 is 10.6 Å². The predicted molar refractivity (Wildman–Crippen MR) is 66.3 cm³/mol. The first-order valence-electron chi connectivity index (χ1n) is 6.12. The second kappa shape index (κ2) is 5.14. The third kappa shape index (κ3) is 2.62. The van der Waals surface area contributed by atoms with Crippen LogP contribution in [0.1, 0.15) is 32.6 Å². The molecule has 0 aliphatic carbocycles. The summed E-state index contributed by atoms with van der Waals surface area (Å²) in [4.78, 5) is 10.8. The molecule has 4 heteroatoms. The van der Waals surface area contributed by atoms with Crippen LogP contribution in [0.4, 0.5) is 11.6 Å². The molecule has 1 aromatic rings. The van der Waals surface area contributed by atoms with Gasteiger partial charge < -0.3 is 10.6 Å². The Morgan fingerprint density at radius 1 is 1.31 bits per heavy atom. The minimum Gasteiger partial charge on any atom is -0.396 e. The van der Waals surface area contributed by atoms with Gasteiger partial charge in [-0.15, -0.1) is 0 Å². The summed E-state index contributed by atoms with van der Waals surface area (Å²) in [5, 5.41) is 0. The molecule has 1 aliphatic rings. The molecule has 0 unspecified atom stereocenters. The molecule has 0 spiro atoms. The second-order valence-electron chi connectivity index (χ2n) is 4.54. The van der Waals surface area contributed by atoms with Crippen LogP contribution >= 0.6 is 0 Å². The highest BCUT2D eigenvalue weighted by atomic mass is 15.2. The molecular formula is C12H20N4. The van der Waals surface area contributed by atoms with E-state index in [1.165, 1.54) is 25.7 Å². The molecule has 0 aromatic carbocycles. The number of nitrogen functional groups attached to an aromatic ring is 1. The Kier molecular flexibility index (Phi) is 3.59. The lowest BCUT2D eigenvalue weighted by Gasteiger charge is -2.31. The third-order valence-electron chi connectivity index (χ3n) is 3.25. The van der Waals surface area contributed by atoms with Crippen molar-refractivity contribution in [2.75, 3.05) is 23.7 Å². The molecular weight excluding hydrogens is 200 g/mol. The number of hydrogen-bond donors (Lipinski definition) is 1. The van der Waals surface area contributed by atoms with Gasteiger partial charge in [-0.3, -0.25) is 0 Å². The van der Waals surface area contributed by atoms with Crippen molar-refractivity contribution in [3.8, 4) is 0 Å². The number of aromatic nitrogens is 2. The number of nitrogens with two attached hydrogens (primary N) is 1. The van der Waals surface area contributed by atoms with Crippen molar-refractivity contribution in [2.45, 2.75) is 32.6 Å². The Hall–Kier alpha value is -1.32. The molecule has 0 bridgehead atoms. The molecule has 88 valence electrons. The number of hydrogen-bond acceptors (Lipinski definition) is 4. The van der Waals surface area contributed by atoms with Gasteiger partial charge in [0.1, 0.15) is 0 Å². The quantitative estimate of drug-likeness (QED) is 0.847. The normalized spacial score (nSPS) is 17.7. The van der Waals surface area contributed by atoms with E-state index in [4.69, 9.17) is 5.73 Å². The topological polar surface area (TPSA) is 55.0 Å². The van der Waals surface area contributed by atoms with Gasteiger partial charge in [-0.05, 0) is 18.8 Å². The van der Waals surface area contributed by atoms with Crippen LogP contribution in [0.25, 0.3) is 0 Å². The lowest BCUT2D eigenvalue weighted by atomic mass is 9.93. The fourth-order valence-electron chi connectivity index (χ4n) is 2.32. The summed E-state index contributed by atoms with van der Waals surface area (Å²) in [7, 11) is 0. The number of anilines is 2. The molecule has 16 heavy (non-hydrogen) atoms. The largest absolute Gasteiger partial charge is 0.396 e. The maximum Gasteiger partial charge on any atom is 0.225 e. The second-order valence-corrected chi connectivity index (χ2v) is 4.54. The fourth-order valence-corrected chi connectivity index (χ4v) is 2.32. The van der Waals surface area contributed by atoms with Crippen molar-refractivity contribution in [3.63, 3.8) is 0 Å². The SMILES string of the molecule is CCCC1CCN(c2ncc(N)cn2)CC1. The van der Waals surface area contributed by atoms with Crippen LogP contribution in [0, 0.1) is 5.92 Å². The van der Waals surface area contributed by atoms with Crippen molar-refractivity contribution >= 4 is 11.6 Å². The van der Waals surface area contributed by atoms with Crippen molar-refractivity contribution < 1.29 is 0 Å². The van der Waals surface area contributed by atoms with Crippen molar-refractivity contribution in [1.82, 2.24) is 9.97 Å². The lowest BCUT2D eigenvalue weighted by molar-refractivity contribution is 0.376. The van der Waals surface area contributed by atoms with E-state index in [-0.39, 0.29) is 0 Å². The highest BCUT2D eigenvalue weighted by Crippen LogP contribution is 2.23. The van der Waals surface area contributed by atoms with E-state index in [0.717, 1.165) is 25.0 Å². The van der Waals surface area contributed by atoms with Gasteiger partial charge in [0.2, 0.25) is 5.95 Å². The molecule has 0 atom stereocenters. The number of rotatable bonds is 3. The van der Waals surface area contributed by atoms with Gasteiger partial charge in [0.25, 0.3) is 0 Å². The van der Waals surface area contributed by atoms with Crippen LogP contribution in [-0.2, 0) is 0 Å². The average molecular weight is 220 g/mol. The summed E-state index contributed by atoms with van der Waals surface area (Å²) in [6, 6.07) is 0. The Morgan fingerprint density at radius 2 is 1.94 bits per heavy atom. The highest BCUT2D eigenvalue weighted by Gasteiger charge is 2.19. The zero-order valence-corrected chi connectivity index (χ0v) is 9.89. The smallest absolute Gasteiger partial charge is 0.225 e. The van der Waals surface area contributed by atoms with Gasteiger partial charge in [0, 0.05) is 13.1 Å². The van der Waals surface area contributed by atoms with E-state index in [1.807, 2.05) is 0 Å². The molecule has 4 nitrogen and oxygen atoms in total. The van der Waals surface area contributed by atoms with Crippen molar-refractivity contribution in [3.05, 3.63) is 12.4 Å².